The monoisotopic (exact) mass is 324 g/mol. The first kappa shape index (κ1) is 14.5. The number of halogens is 1. The highest BCUT2D eigenvalue weighted by Gasteiger charge is 2.25. The van der Waals surface area contributed by atoms with Crippen molar-refractivity contribution in [2.24, 2.45) is 5.92 Å². The first-order valence-corrected chi connectivity index (χ1v) is 7.66. The third-order valence-electron chi connectivity index (χ3n) is 3.71. The van der Waals surface area contributed by atoms with Crippen molar-refractivity contribution in [2.75, 3.05) is 18.4 Å². The number of amides is 1. The number of rotatable bonds is 3. The first-order valence-electron chi connectivity index (χ1n) is 6.87. The number of benzene rings is 1. The van der Waals surface area contributed by atoms with Crippen molar-refractivity contribution in [1.29, 1.82) is 0 Å². The lowest BCUT2D eigenvalue weighted by Gasteiger charge is -2.34. The van der Waals surface area contributed by atoms with Crippen LogP contribution in [-0.4, -0.2) is 29.9 Å². The lowest BCUT2D eigenvalue weighted by molar-refractivity contribution is -0.121. The molecule has 1 N–H and O–H groups in total. The highest BCUT2D eigenvalue weighted by atomic mass is 79.9. The van der Waals surface area contributed by atoms with Crippen molar-refractivity contribution in [2.45, 2.75) is 32.7 Å². The van der Waals surface area contributed by atoms with Crippen LogP contribution in [0.15, 0.2) is 28.7 Å². The molecule has 1 aromatic rings. The van der Waals surface area contributed by atoms with Gasteiger partial charge in [0.1, 0.15) is 0 Å². The molecule has 19 heavy (non-hydrogen) atoms. The van der Waals surface area contributed by atoms with Gasteiger partial charge in [-0.2, -0.15) is 0 Å². The molecular weight excluding hydrogens is 304 g/mol. The summed E-state index contributed by atoms with van der Waals surface area (Å²) in [7, 11) is 0. The van der Waals surface area contributed by atoms with Gasteiger partial charge in [0.25, 0.3) is 0 Å². The molecule has 1 amide bonds. The van der Waals surface area contributed by atoms with E-state index in [-0.39, 0.29) is 11.9 Å². The van der Waals surface area contributed by atoms with Gasteiger partial charge in [-0.05, 0) is 50.4 Å². The summed E-state index contributed by atoms with van der Waals surface area (Å²) in [4.78, 5) is 14.5. The maximum Gasteiger partial charge on any atom is 0.241 e. The average molecular weight is 325 g/mol. The molecule has 1 aromatic carbocycles. The van der Waals surface area contributed by atoms with Crippen LogP contribution in [0.2, 0.25) is 0 Å². The molecule has 0 aromatic heterocycles. The van der Waals surface area contributed by atoms with E-state index in [0.717, 1.165) is 23.2 Å². The van der Waals surface area contributed by atoms with Crippen LogP contribution in [-0.2, 0) is 4.79 Å². The zero-order chi connectivity index (χ0) is 13.8. The summed E-state index contributed by atoms with van der Waals surface area (Å²) in [6.07, 6.45) is 2.46. The summed E-state index contributed by atoms with van der Waals surface area (Å²) in [6, 6.07) is 7.64. The number of nitrogens with one attached hydrogen (secondary N) is 1. The Morgan fingerprint density at radius 1 is 1.53 bits per heavy atom. The fraction of sp³-hybridized carbons (Fsp3) is 0.533. The van der Waals surface area contributed by atoms with Gasteiger partial charge in [-0.3, -0.25) is 9.69 Å². The number of hydrogen-bond acceptors (Lipinski definition) is 2. The molecule has 0 bridgehead atoms. The SMILES string of the molecule is CC1CCCN(C(C)C(=O)Nc2cccc(Br)c2)C1. The van der Waals surface area contributed by atoms with E-state index in [1.54, 1.807) is 0 Å². The van der Waals surface area contributed by atoms with Crippen molar-refractivity contribution in [3.05, 3.63) is 28.7 Å². The summed E-state index contributed by atoms with van der Waals surface area (Å²) in [5, 5.41) is 2.98. The second-order valence-electron chi connectivity index (χ2n) is 5.42. The lowest BCUT2D eigenvalue weighted by Crippen LogP contribution is -2.46. The number of nitrogens with zero attached hydrogens (tertiary/aromatic N) is 1. The summed E-state index contributed by atoms with van der Waals surface area (Å²) >= 11 is 3.41. The fourth-order valence-corrected chi connectivity index (χ4v) is 2.96. The van der Waals surface area contributed by atoms with E-state index in [9.17, 15) is 4.79 Å². The molecule has 1 aliphatic rings. The third-order valence-corrected chi connectivity index (χ3v) is 4.20. The van der Waals surface area contributed by atoms with Crippen LogP contribution in [0.25, 0.3) is 0 Å². The topological polar surface area (TPSA) is 32.3 Å². The molecule has 4 heteroatoms. The van der Waals surface area contributed by atoms with E-state index in [1.807, 2.05) is 31.2 Å². The maximum atomic E-state index is 12.3. The van der Waals surface area contributed by atoms with Gasteiger partial charge in [-0.25, -0.2) is 0 Å². The zero-order valence-electron chi connectivity index (χ0n) is 11.5. The van der Waals surface area contributed by atoms with Crippen LogP contribution in [0.4, 0.5) is 5.69 Å². The van der Waals surface area contributed by atoms with E-state index < -0.39 is 0 Å². The van der Waals surface area contributed by atoms with E-state index in [2.05, 4.69) is 33.1 Å². The quantitative estimate of drug-likeness (QED) is 0.922. The van der Waals surface area contributed by atoms with E-state index in [0.29, 0.717) is 5.92 Å². The van der Waals surface area contributed by atoms with Crippen LogP contribution in [0.5, 0.6) is 0 Å². The molecule has 0 radical (unpaired) electrons. The van der Waals surface area contributed by atoms with Gasteiger partial charge in [-0.1, -0.05) is 28.9 Å². The largest absolute Gasteiger partial charge is 0.325 e. The maximum absolute atomic E-state index is 12.3. The number of carbonyl (C=O) groups is 1. The fourth-order valence-electron chi connectivity index (χ4n) is 2.56. The molecule has 2 rings (SSSR count). The Morgan fingerprint density at radius 3 is 3.00 bits per heavy atom. The standard InChI is InChI=1S/C15H21BrN2O/c1-11-5-4-8-18(10-11)12(2)15(19)17-14-7-3-6-13(16)9-14/h3,6-7,9,11-12H,4-5,8,10H2,1-2H3,(H,17,19). The van der Waals surface area contributed by atoms with Crippen molar-refractivity contribution in [3.8, 4) is 0 Å². The molecule has 104 valence electrons. The molecule has 0 aliphatic carbocycles. The van der Waals surface area contributed by atoms with Crippen molar-refractivity contribution < 1.29 is 4.79 Å². The minimum Gasteiger partial charge on any atom is -0.325 e. The summed E-state index contributed by atoms with van der Waals surface area (Å²) in [5.74, 6) is 0.766. The average Bonchev–Trinajstić information content (AvgIpc) is 2.38. The summed E-state index contributed by atoms with van der Waals surface area (Å²) in [6.45, 7) is 6.29. The first-order chi connectivity index (χ1) is 9.06. The Labute approximate surface area is 123 Å². The molecule has 1 aliphatic heterocycles. The zero-order valence-corrected chi connectivity index (χ0v) is 13.1. The molecule has 0 spiro atoms. The number of carbonyl (C=O) groups excluding carboxylic acids is 1. The van der Waals surface area contributed by atoms with Crippen molar-refractivity contribution in [3.63, 3.8) is 0 Å². The van der Waals surface area contributed by atoms with E-state index in [4.69, 9.17) is 0 Å². The molecule has 1 saturated heterocycles. The lowest BCUT2D eigenvalue weighted by atomic mass is 9.99. The third kappa shape index (κ3) is 4.05. The van der Waals surface area contributed by atoms with Gasteiger partial charge in [0.2, 0.25) is 5.91 Å². The number of piperidine rings is 1. The van der Waals surface area contributed by atoms with Gasteiger partial charge in [0.15, 0.2) is 0 Å². The Kier molecular flexibility index (Phi) is 4.99. The van der Waals surface area contributed by atoms with Crippen LogP contribution in [0.3, 0.4) is 0 Å². The molecule has 3 nitrogen and oxygen atoms in total. The van der Waals surface area contributed by atoms with Crippen LogP contribution >= 0.6 is 15.9 Å². The minimum absolute atomic E-state index is 0.0678. The van der Waals surface area contributed by atoms with Gasteiger partial charge in [0.05, 0.1) is 6.04 Å². The Morgan fingerprint density at radius 2 is 2.32 bits per heavy atom. The Balaban J connectivity index is 1.95. The number of likely N-dealkylation sites (tertiary alicyclic amines) is 1. The van der Waals surface area contributed by atoms with Crippen LogP contribution < -0.4 is 5.32 Å². The second kappa shape index (κ2) is 6.53. The summed E-state index contributed by atoms with van der Waals surface area (Å²) in [5.41, 5.74) is 0.844. The van der Waals surface area contributed by atoms with Gasteiger partial charge < -0.3 is 5.32 Å². The Hall–Kier alpha value is -0.870. The highest BCUT2D eigenvalue weighted by molar-refractivity contribution is 9.10. The highest BCUT2D eigenvalue weighted by Crippen LogP contribution is 2.19. The number of anilines is 1. The van der Waals surface area contributed by atoms with Crippen molar-refractivity contribution in [1.82, 2.24) is 4.90 Å². The minimum atomic E-state index is -0.0678. The normalized spacial score (nSPS) is 21.9. The van der Waals surface area contributed by atoms with Crippen molar-refractivity contribution >= 4 is 27.5 Å². The molecule has 0 saturated carbocycles. The second-order valence-corrected chi connectivity index (χ2v) is 6.33. The van der Waals surface area contributed by atoms with Gasteiger partial charge in [0, 0.05) is 16.7 Å². The van der Waals surface area contributed by atoms with Crippen LogP contribution in [0, 0.1) is 5.92 Å². The van der Waals surface area contributed by atoms with Gasteiger partial charge >= 0.3 is 0 Å². The predicted molar refractivity (Wildman–Crippen MR) is 82.2 cm³/mol. The molecule has 1 fully saturated rings. The molecule has 1 heterocycles. The van der Waals surface area contributed by atoms with E-state index in [1.165, 1.54) is 12.8 Å². The molecular formula is C15H21BrN2O. The van der Waals surface area contributed by atoms with Gasteiger partial charge in [-0.15, -0.1) is 0 Å². The molecule has 2 atom stereocenters. The van der Waals surface area contributed by atoms with E-state index >= 15 is 0 Å². The smallest absolute Gasteiger partial charge is 0.241 e. The molecule has 2 unspecified atom stereocenters. The number of hydrogen-bond donors (Lipinski definition) is 1. The predicted octanol–water partition coefficient (Wildman–Crippen LogP) is 3.51. The van der Waals surface area contributed by atoms with Crippen LogP contribution in [0.1, 0.15) is 26.7 Å². The Bertz CT molecular complexity index is 450. The summed E-state index contributed by atoms with van der Waals surface area (Å²) < 4.78 is 0.976.